The summed E-state index contributed by atoms with van der Waals surface area (Å²) in [7, 11) is 0. The molecule has 2 N–H and O–H groups in total. The molecule has 2 saturated carbocycles. The Morgan fingerprint density at radius 2 is 2.25 bits per heavy atom. The normalized spacial score (nSPS) is 36.8. The molecule has 1 heteroatoms. The second-order valence-electron chi connectivity index (χ2n) is 4.81. The Kier molecular flexibility index (Phi) is 1.99. The molecule has 2 rings (SSSR count). The highest BCUT2D eigenvalue weighted by molar-refractivity contribution is 5.16. The van der Waals surface area contributed by atoms with Gasteiger partial charge in [0.2, 0.25) is 0 Å². The van der Waals surface area contributed by atoms with Crippen LogP contribution in [0.15, 0.2) is 11.6 Å². The van der Waals surface area contributed by atoms with Gasteiger partial charge in [-0.05, 0) is 37.5 Å². The van der Waals surface area contributed by atoms with Crippen molar-refractivity contribution in [3.8, 4) is 0 Å². The van der Waals surface area contributed by atoms with Crippen molar-refractivity contribution in [2.45, 2.75) is 51.5 Å². The van der Waals surface area contributed by atoms with Crippen molar-refractivity contribution in [3.63, 3.8) is 0 Å². The summed E-state index contributed by atoms with van der Waals surface area (Å²) in [5.74, 6) is 0. The lowest BCUT2D eigenvalue weighted by atomic mass is 9.69. The average molecular weight is 165 g/mol. The smallest absolute Gasteiger partial charge is 0.00791 e. The van der Waals surface area contributed by atoms with Gasteiger partial charge in [0.05, 0.1) is 0 Å². The average Bonchev–Trinajstić information content (AvgIpc) is 2.32. The number of hydrogen-bond donors (Lipinski definition) is 1. The third-order valence-electron chi connectivity index (χ3n) is 3.41. The van der Waals surface area contributed by atoms with E-state index in [0.29, 0.717) is 11.5 Å². The van der Waals surface area contributed by atoms with E-state index in [1.165, 1.54) is 32.1 Å². The molecule has 1 nitrogen and oxygen atoms in total. The number of hydrogen-bond acceptors (Lipinski definition) is 1. The topological polar surface area (TPSA) is 26.0 Å². The van der Waals surface area contributed by atoms with Crippen molar-refractivity contribution in [1.82, 2.24) is 0 Å². The Morgan fingerprint density at radius 1 is 1.50 bits per heavy atom. The molecule has 0 aromatic heterocycles. The third-order valence-corrected chi connectivity index (χ3v) is 3.41. The van der Waals surface area contributed by atoms with E-state index in [0.717, 1.165) is 6.42 Å². The summed E-state index contributed by atoms with van der Waals surface area (Å²) in [6.45, 7) is 2.38. The Balaban J connectivity index is 1.99. The van der Waals surface area contributed by atoms with E-state index in [4.69, 9.17) is 5.73 Å². The van der Waals surface area contributed by atoms with Crippen molar-refractivity contribution in [2.24, 2.45) is 11.1 Å². The second kappa shape index (κ2) is 2.88. The van der Waals surface area contributed by atoms with Crippen LogP contribution in [0.25, 0.3) is 0 Å². The summed E-state index contributed by atoms with van der Waals surface area (Å²) in [6.07, 6.45) is 10.4. The van der Waals surface area contributed by atoms with Crippen molar-refractivity contribution >= 4 is 0 Å². The van der Waals surface area contributed by atoms with Gasteiger partial charge in [0.1, 0.15) is 0 Å². The van der Waals surface area contributed by atoms with Crippen LogP contribution in [0.1, 0.15) is 45.4 Å². The first-order valence-electron chi connectivity index (χ1n) is 5.14. The maximum absolute atomic E-state index is 5.86. The van der Waals surface area contributed by atoms with E-state index in [1.807, 2.05) is 0 Å². The molecule has 0 radical (unpaired) electrons. The fraction of sp³-hybridized carbons (Fsp3) is 0.818. The summed E-state index contributed by atoms with van der Waals surface area (Å²) < 4.78 is 0. The fourth-order valence-corrected chi connectivity index (χ4v) is 2.41. The van der Waals surface area contributed by atoms with Crippen LogP contribution in [0.3, 0.4) is 0 Å². The van der Waals surface area contributed by atoms with Gasteiger partial charge in [-0.1, -0.05) is 25.0 Å². The van der Waals surface area contributed by atoms with Gasteiger partial charge in [0.15, 0.2) is 0 Å². The van der Waals surface area contributed by atoms with Gasteiger partial charge in [-0.15, -0.1) is 0 Å². The van der Waals surface area contributed by atoms with Gasteiger partial charge in [-0.2, -0.15) is 0 Å². The van der Waals surface area contributed by atoms with E-state index in [2.05, 4.69) is 13.0 Å². The summed E-state index contributed by atoms with van der Waals surface area (Å²) in [4.78, 5) is 0. The van der Waals surface area contributed by atoms with E-state index in [9.17, 15) is 0 Å². The van der Waals surface area contributed by atoms with E-state index >= 15 is 0 Å². The van der Waals surface area contributed by atoms with Crippen molar-refractivity contribution in [2.75, 3.05) is 0 Å². The molecule has 0 heterocycles. The lowest BCUT2D eigenvalue weighted by Crippen LogP contribution is -2.23. The monoisotopic (exact) mass is 165 g/mol. The molecule has 2 fully saturated rings. The zero-order chi connectivity index (χ0) is 8.60. The van der Waals surface area contributed by atoms with Gasteiger partial charge in [-0.25, -0.2) is 0 Å². The van der Waals surface area contributed by atoms with Gasteiger partial charge in [0.25, 0.3) is 0 Å². The summed E-state index contributed by atoms with van der Waals surface area (Å²) in [5, 5.41) is 0. The van der Waals surface area contributed by atoms with E-state index < -0.39 is 0 Å². The van der Waals surface area contributed by atoms with Crippen LogP contribution in [0.4, 0.5) is 0 Å². The lowest BCUT2D eigenvalue weighted by molar-refractivity contribution is 0.232. The number of nitrogens with two attached hydrogens (primary N) is 1. The minimum absolute atomic E-state index is 0.458. The molecule has 12 heavy (non-hydrogen) atoms. The summed E-state index contributed by atoms with van der Waals surface area (Å²) in [5.41, 5.74) is 8.05. The van der Waals surface area contributed by atoms with Crippen LogP contribution in [0.2, 0.25) is 0 Å². The molecule has 0 saturated heterocycles. The van der Waals surface area contributed by atoms with Crippen LogP contribution in [0, 0.1) is 5.41 Å². The molecule has 0 amide bonds. The minimum atomic E-state index is 0.458. The van der Waals surface area contributed by atoms with Crippen LogP contribution in [-0.2, 0) is 0 Å². The second-order valence-corrected chi connectivity index (χ2v) is 4.81. The summed E-state index contributed by atoms with van der Waals surface area (Å²) >= 11 is 0. The standard InChI is InChI=1S/C11H19N/c1-11(5-2-6-11)8-9-3-4-10(12)7-9/h8,10H,2-7,12H2,1H3/b9-8-. The molecule has 0 spiro atoms. The molecule has 1 unspecified atom stereocenters. The first-order valence-corrected chi connectivity index (χ1v) is 5.14. The van der Waals surface area contributed by atoms with Crippen molar-refractivity contribution in [1.29, 1.82) is 0 Å². The Morgan fingerprint density at radius 3 is 2.67 bits per heavy atom. The Labute approximate surface area is 75.0 Å². The maximum atomic E-state index is 5.86. The predicted octanol–water partition coefficient (Wildman–Crippen LogP) is 2.61. The number of rotatable bonds is 1. The molecule has 2 aliphatic carbocycles. The van der Waals surface area contributed by atoms with E-state index in [1.54, 1.807) is 5.57 Å². The van der Waals surface area contributed by atoms with Crippen LogP contribution in [-0.4, -0.2) is 6.04 Å². The van der Waals surface area contributed by atoms with Crippen LogP contribution in [0.5, 0.6) is 0 Å². The molecule has 0 aromatic rings. The van der Waals surface area contributed by atoms with E-state index in [-0.39, 0.29) is 0 Å². The molecule has 2 aliphatic rings. The lowest BCUT2D eigenvalue weighted by Gasteiger charge is -2.36. The molecule has 0 aromatic carbocycles. The zero-order valence-corrected chi connectivity index (χ0v) is 7.97. The van der Waals surface area contributed by atoms with Crippen molar-refractivity contribution < 1.29 is 0 Å². The summed E-state index contributed by atoms with van der Waals surface area (Å²) in [6, 6.07) is 0.458. The van der Waals surface area contributed by atoms with Gasteiger partial charge >= 0.3 is 0 Å². The maximum Gasteiger partial charge on any atom is 0.00791 e. The number of allylic oxidation sites excluding steroid dienone is 1. The molecular formula is C11H19N. The molecular weight excluding hydrogens is 146 g/mol. The highest BCUT2D eigenvalue weighted by Crippen LogP contribution is 2.43. The highest BCUT2D eigenvalue weighted by Gasteiger charge is 2.30. The molecule has 1 atom stereocenters. The van der Waals surface area contributed by atoms with Gasteiger partial charge < -0.3 is 5.73 Å². The van der Waals surface area contributed by atoms with Crippen molar-refractivity contribution in [3.05, 3.63) is 11.6 Å². The SMILES string of the molecule is CC1(/C=C2/CCC(N)C2)CCC1. The fourth-order valence-electron chi connectivity index (χ4n) is 2.41. The minimum Gasteiger partial charge on any atom is -0.327 e. The van der Waals surface area contributed by atoms with Gasteiger partial charge in [0, 0.05) is 6.04 Å². The largest absolute Gasteiger partial charge is 0.327 e. The molecule has 0 bridgehead atoms. The molecule has 68 valence electrons. The first kappa shape index (κ1) is 8.31. The first-order chi connectivity index (χ1) is 5.68. The highest BCUT2D eigenvalue weighted by atomic mass is 14.6. The third kappa shape index (κ3) is 1.56. The Bertz CT molecular complexity index is 201. The zero-order valence-electron chi connectivity index (χ0n) is 7.97. The quantitative estimate of drug-likeness (QED) is 0.594. The molecule has 0 aliphatic heterocycles. The van der Waals surface area contributed by atoms with Crippen LogP contribution < -0.4 is 5.73 Å². The Hall–Kier alpha value is -0.300. The van der Waals surface area contributed by atoms with Gasteiger partial charge in [-0.3, -0.25) is 0 Å². The van der Waals surface area contributed by atoms with Crippen LogP contribution >= 0.6 is 0 Å². The predicted molar refractivity (Wildman–Crippen MR) is 51.9 cm³/mol.